The highest BCUT2D eigenvalue weighted by Gasteiger charge is 2.23. The van der Waals surface area contributed by atoms with E-state index < -0.39 is 6.04 Å². The lowest BCUT2D eigenvalue weighted by Crippen LogP contribution is -2.36. The van der Waals surface area contributed by atoms with Crippen molar-refractivity contribution in [2.75, 3.05) is 6.54 Å². The van der Waals surface area contributed by atoms with Gasteiger partial charge in [-0.3, -0.25) is 9.59 Å². The molecule has 1 heterocycles. The van der Waals surface area contributed by atoms with E-state index in [-0.39, 0.29) is 24.8 Å². The first-order valence-electron chi connectivity index (χ1n) is 10.2. The maximum atomic E-state index is 13.1. The summed E-state index contributed by atoms with van der Waals surface area (Å²) in [5.41, 5.74) is 1.43. The minimum absolute atomic E-state index is 0.0900. The van der Waals surface area contributed by atoms with Crippen LogP contribution >= 0.6 is 23.2 Å². The molecule has 1 atom stereocenters. The van der Waals surface area contributed by atoms with Crippen LogP contribution < -0.4 is 5.32 Å². The van der Waals surface area contributed by atoms with Crippen molar-refractivity contribution in [1.29, 1.82) is 0 Å². The Bertz CT molecular complexity index is 1070. The second kappa shape index (κ2) is 11.1. The van der Waals surface area contributed by atoms with Crippen LogP contribution in [0.3, 0.4) is 0 Å². The lowest BCUT2D eigenvalue weighted by Gasteiger charge is -2.24. The molecule has 168 valence electrons. The molecule has 3 aromatic rings. The number of nitrogens with zero attached hydrogens (tertiary/aromatic N) is 3. The molecule has 1 aromatic heterocycles. The highest BCUT2D eigenvalue weighted by molar-refractivity contribution is 6.33. The van der Waals surface area contributed by atoms with Crippen molar-refractivity contribution in [3.63, 3.8) is 0 Å². The van der Waals surface area contributed by atoms with E-state index in [1.807, 2.05) is 19.1 Å². The fraction of sp³-hybridized carbons (Fsp3) is 0.304. The van der Waals surface area contributed by atoms with Crippen molar-refractivity contribution in [2.24, 2.45) is 0 Å². The fourth-order valence-corrected chi connectivity index (χ4v) is 3.63. The van der Waals surface area contributed by atoms with E-state index >= 15 is 0 Å². The summed E-state index contributed by atoms with van der Waals surface area (Å²) in [7, 11) is 0. The quantitative estimate of drug-likeness (QED) is 0.468. The molecule has 7 nitrogen and oxygen atoms in total. The molecule has 0 saturated heterocycles. The summed E-state index contributed by atoms with van der Waals surface area (Å²) >= 11 is 12.2. The fourth-order valence-electron chi connectivity index (χ4n) is 3.28. The maximum absolute atomic E-state index is 13.1. The van der Waals surface area contributed by atoms with Crippen LogP contribution in [0.4, 0.5) is 0 Å². The van der Waals surface area contributed by atoms with E-state index in [0.29, 0.717) is 33.9 Å². The lowest BCUT2D eigenvalue weighted by molar-refractivity contribution is -0.133. The van der Waals surface area contributed by atoms with E-state index in [4.69, 9.17) is 27.6 Å². The molecule has 0 saturated carbocycles. The molecule has 0 bridgehead atoms. The first-order valence-corrected chi connectivity index (χ1v) is 11.0. The van der Waals surface area contributed by atoms with Crippen molar-refractivity contribution in [1.82, 2.24) is 20.4 Å². The van der Waals surface area contributed by atoms with Gasteiger partial charge in [-0.2, -0.15) is 0 Å². The minimum atomic E-state index is -0.474. The Morgan fingerprint density at radius 3 is 2.47 bits per heavy atom. The van der Waals surface area contributed by atoms with Gasteiger partial charge in [0.1, 0.15) is 0 Å². The molecule has 9 heteroatoms. The monoisotopic (exact) mass is 474 g/mol. The van der Waals surface area contributed by atoms with Crippen LogP contribution in [0.1, 0.15) is 44.2 Å². The summed E-state index contributed by atoms with van der Waals surface area (Å²) in [4.78, 5) is 26.5. The zero-order valence-corrected chi connectivity index (χ0v) is 19.4. The molecule has 1 N–H and O–H groups in total. The van der Waals surface area contributed by atoms with Crippen molar-refractivity contribution in [3.05, 3.63) is 70.0 Å². The summed E-state index contributed by atoms with van der Waals surface area (Å²) in [6.07, 6.45) is 0.843. The van der Waals surface area contributed by atoms with Crippen molar-refractivity contribution in [3.8, 4) is 11.5 Å². The van der Waals surface area contributed by atoms with Gasteiger partial charge in [0, 0.05) is 18.5 Å². The Morgan fingerprint density at radius 1 is 1.09 bits per heavy atom. The number of rotatable bonds is 9. The predicted octanol–water partition coefficient (Wildman–Crippen LogP) is 5.05. The molecule has 0 aliphatic rings. The summed E-state index contributed by atoms with van der Waals surface area (Å²) in [6.45, 7) is 4.08. The Kier molecular flexibility index (Phi) is 8.25. The largest absolute Gasteiger partial charge is 0.419 e. The number of nitrogens with one attached hydrogen (secondary N) is 1. The molecule has 2 amide bonds. The standard InChI is InChI=1S/C23H24Cl2N4O3/c1-3-12-29(14-21-27-28-23(32-21)18-6-4-5-7-19(18)25)22(31)13-20(26-15(2)30)16-8-10-17(24)11-9-16/h4-11,20H,3,12-14H2,1-2H3,(H,26,30). The van der Waals surface area contributed by atoms with Gasteiger partial charge in [0.25, 0.3) is 0 Å². The molecule has 2 aromatic carbocycles. The van der Waals surface area contributed by atoms with Crippen LogP contribution in [0, 0.1) is 0 Å². The van der Waals surface area contributed by atoms with Gasteiger partial charge in [-0.25, -0.2) is 0 Å². The molecule has 0 aliphatic carbocycles. The molecular formula is C23H24Cl2N4O3. The van der Waals surface area contributed by atoms with Crippen LogP contribution in [0.15, 0.2) is 52.9 Å². The first-order chi connectivity index (χ1) is 15.4. The van der Waals surface area contributed by atoms with Gasteiger partial charge in [0.05, 0.1) is 29.6 Å². The van der Waals surface area contributed by atoms with E-state index in [1.54, 1.807) is 41.3 Å². The van der Waals surface area contributed by atoms with Gasteiger partial charge in [-0.05, 0) is 36.2 Å². The maximum Gasteiger partial charge on any atom is 0.249 e. The molecular weight excluding hydrogens is 451 g/mol. The predicted molar refractivity (Wildman–Crippen MR) is 123 cm³/mol. The summed E-state index contributed by atoms with van der Waals surface area (Å²) in [5.74, 6) is 0.246. The summed E-state index contributed by atoms with van der Waals surface area (Å²) in [6, 6.07) is 13.8. The van der Waals surface area contributed by atoms with Gasteiger partial charge < -0.3 is 14.6 Å². The zero-order valence-electron chi connectivity index (χ0n) is 17.8. The number of benzene rings is 2. The first kappa shape index (κ1) is 23.8. The van der Waals surface area contributed by atoms with E-state index in [1.165, 1.54) is 6.92 Å². The number of amides is 2. The summed E-state index contributed by atoms with van der Waals surface area (Å²) in [5, 5.41) is 12.1. The van der Waals surface area contributed by atoms with Crippen LogP contribution in [0.2, 0.25) is 10.0 Å². The van der Waals surface area contributed by atoms with Gasteiger partial charge in [0.15, 0.2) is 0 Å². The normalized spacial score (nSPS) is 11.8. The number of halogens is 2. The van der Waals surface area contributed by atoms with Crippen molar-refractivity contribution >= 4 is 35.0 Å². The Hall–Kier alpha value is -2.90. The number of aromatic nitrogens is 2. The zero-order chi connectivity index (χ0) is 23.1. The highest BCUT2D eigenvalue weighted by Crippen LogP contribution is 2.27. The van der Waals surface area contributed by atoms with Gasteiger partial charge in [-0.15, -0.1) is 10.2 Å². The molecule has 0 radical (unpaired) electrons. The Morgan fingerprint density at radius 2 is 1.81 bits per heavy atom. The minimum Gasteiger partial charge on any atom is -0.419 e. The third-order valence-electron chi connectivity index (χ3n) is 4.77. The van der Waals surface area contributed by atoms with Crippen LogP contribution in [0.25, 0.3) is 11.5 Å². The average Bonchev–Trinajstić information content (AvgIpc) is 3.22. The molecule has 0 aliphatic heterocycles. The third kappa shape index (κ3) is 6.31. The Balaban J connectivity index is 1.75. The average molecular weight is 475 g/mol. The number of hydrogen-bond acceptors (Lipinski definition) is 5. The third-order valence-corrected chi connectivity index (χ3v) is 5.35. The topological polar surface area (TPSA) is 88.3 Å². The smallest absolute Gasteiger partial charge is 0.249 e. The number of carbonyl (C=O) groups excluding carboxylic acids is 2. The van der Waals surface area contributed by atoms with E-state index in [9.17, 15) is 9.59 Å². The molecule has 1 unspecified atom stereocenters. The van der Waals surface area contributed by atoms with Crippen LogP contribution in [0.5, 0.6) is 0 Å². The molecule has 0 fully saturated rings. The lowest BCUT2D eigenvalue weighted by atomic mass is 10.0. The SMILES string of the molecule is CCCN(Cc1nnc(-c2ccccc2Cl)o1)C(=O)CC(NC(C)=O)c1ccc(Cl)cc1. The molecule has 0 spiro atoms. The van der Waals surface area contributed by atoms with E-state index in [0.717, 1.165) is 12.0 Å². The number of hydrogen-bond donors (Lipinski definition) is 1. The van der Waals surface area contributed by atoms with Gasteiger partial charge >= 0.3 is 0 Å². The van der Waals surface area contributed by atoms with Gasteiger partial charge in [-0.1, -0.05) is 54.4 Å². The molecule has 3 rings (SSSR count). The Labute approximate surface area is 196 Å². The summed E-state index contributed by atoms with van der Waals surface area (Å²) < 4.78 is 5.76. The number of carbonyl (C=O) groups is 2. The second-order valence-electron chi connectivity index (χ2n) is 7.30. The molecule has 32 heavy (non-hydrogen) atoms. The van der Waals surface area contributed by atoms with E-state index in [2.05, 4.69) is 15.5 Å². The van der Waals surface area contributed by atoms with Crippen LogP contribution in [-0.4, -0.2) is 33.5 Å². The van der Waals surface area contributed by atoms with Gasteiger partial charge in [0.2, 0.25) is 23.6 Å². The highest BCUT2D eigenvalue weighted by atomic mass is 35.5. The van der Waals surface area contributed by atoms with Crippen molar-refractivity contribution < 1.29 is 14.0 Å². The van der Waals surface area contributed by atoms with Crippen LogP contribution in [-0.2, 0) is 16.1 Å². The second-order valence-corrected chi connectivity index (χ2v) is 8.15. The van der Waals surface area contributed by atoms with Crippen molar-refractivity contribution in [2.45, 2.75) is 39.3 Å².